The van der Waals surface area contributed by atoms with Gasteiger partial charge in [0, 0.05) is 19.5 Å². The molecule has 12 heteroatoms. The molecule has 0 saturated carbocycles. The maximum absolute atomic E-state index is 13.6. The van der Waals surface area contributed by atoms with Crippen molar-refractivity contribution in [2.75, 3.05) is 19.6 Å². The molecule has 0 radical (unpaired) electrons. The fourth-order valence-electron chi connectivity index (χ4n) is 4.37. The Bertz CT molecular complexity index is 1220. The van der Waals surface area contributed by atoms with Gasteiger partial charge in [0.05, 0.1) is 19.0 Å². The first-order valence-corrected chi connectivity index (χ1v) is 13.2. The molecule has 0 aromatic heterocycles. The number of amides is 4. The van der Waals surface area contributed by atoms with Crippen LogP contribution in [-0.2, 0) is 41.7 Å². The summed E-state index contributed by atoms with van der Waals surface area (Å²) in [4.78, 5) is 77.1. The van der Waals surface area contributed by atoms with Crippen LogP contribution in [0.25, 0.3) is 0 Å². The Morgan fingerprint density at radius 3 is 2.27 bits per heavy atom. The number of carboxylic acids is 1. The van der Waals surface area contributed by atoms with Crippen molar-refractivity contribution in [3.05, 3.63) is 71.8 Å². The molecule has 0 aliphatic carbocycles. The van der Waals surface area contributed by atoms with Crippen LogP contribution in [0.5, 0.6) is 0 Å². The van der Waals surface area contributed by atoms with Gasteiger partial charge in [0.15, 0.2) is 0 Å². The Hall–Kier alpha value is -4.74. The molecular weight excluding hydrogens is 532 g/mol. The van der Waals surface area contributed by atoms with E-state index < -0.39 is 48.4 Å². The van der Waals surface area contributed by atoms with E-state index in [1.54, 1.807) is 24.3 Å². The standard InChI is InChI=1S/C29H34N4O8/c1-20(27(38)30-23(18-34)16-26(36)37)33-15-14-32(25(35)13-12-21-8-4-2-5-9-21)17-24(28(33)39)31-29(40)41-19-22-10-6-3-7-11-22/h2-11,18,20,23-24H,12-17,19H2,1H3,(H,30,38)(H,31,40)(H,36,37)/t20?,23-,24?/m0/s1. The fraction of sp³-hybridized carbons (Fsp3) is 0.379. The zero-order chi connectivity index (χ0) is 29.8. The van der Waals surface area contributed by atoms with Crippen LogP contribution in [0.2, 0.25) is 0 Å². The minimum absolute atomic E-state index is 0.0214. The van der Waals surface area contributed by atoms with Crippen molar-refractivity contribution < 1.29 is 38.6 Å². The second-order valence-corrected chi connectivity index (χ2v) is 9.64. The number of ether oxygens (including phenoxy) is 1. The van der Waals surface area contributed by atoms with Crippen LogP contribution in [0.15, 0.2) is 60.7 Å². The Morgan fingerprint density at radius 2 is 1.66 bits per heavy atom. The van der Waals surface area contributed by atoms with E-state index in [1.165, 1.54) is 16.7 Å². The van der Waals surface area contributed by atoms with E-state index in [4.69, 9.17) is 9.84 Å². The number of carboxylic acid groups (broad SMARTS) is 1. The monoisotopic (exact) mass is 566 g/mol. The quantitative estimate of drug-likeness (QED) is 0.322. The summed E-state index contributed by atoms with van der Waals surface area (Å²) in [5, 5.41) is 13.8. The smallest absolute Gasteiger partial charge is 0.408 e. The molecule has 0 bridgehead atoms. The fourth-order valence-corrected chi connectivity index (χ4v) is 4.37. The van der Waals surface area contributed by atoms with Crippen LogP contribution in [0, 0.1) is 0 Å². The van der Waals surface area contributed by atoms with Crippen LogP contribution in [0.4, 0.5) is 4.79 Å². The van der Waals surface area contributed by atoms with Crippen molar-refractivity contribution in [3.63, 3.8) is 0 Å². The summed E-state index contributed by atoms with van der Waals surface area (Å²) < 4.78 is 5.27. The lowest BCUT2D eigenvalue weighted by Crippen LogP contribution is -2.56. The summed E-state index contributed by atoms with van der Waals surface area (Å²) in [5.41, 5.74) is 1.72. The molecule has 3 rings (SSSR count). The second kappa shape index (κ2) is 15.2. The molecule has 2 aromatic rings. The summed E-state index contributed by atoms with van der Waals surface area (Å²) in [7, 11) is 0. The summed E-state index contributed by atoms with van der Waals surface area (Å²) in [6.07, 6.45) is -0.513. The Labute approximate surface area is 237 Å². The normalized spacial score (nSPS) is 16.6. The molecule has 218 valence electrons. The van der Waals surface area contributed by atoms with Gasteiger partial charge < -0.3 is 35.1 Å². The molecule has 2 unspecified atom stereocenters. The average Bonchev–Trinajstić information content (AvgIpc) is 3.13. The molecule has 41 heavy (non-hydrogen) atoms. The van der Waals surface area contributed by atoms with Crippen LogP contribution >= 0.6 is 0 Å². The second-order valence-electron chi connectivity index (χ2n) is 9.64. The number of carbonyl (C=O) groups is 6. The van der Waals surface area contributed by atoms with Crippen molar-refractivity contribution in [1.82, 2.24) is 20.4 Å². The highest BCUT2D eigenvalue weighted by molar-refractivity contribution is 5.93. The van der Waals surface area contributed by atoms with E-state index in [0.29, 0.717) is 12.7 Å². The number of benzene rings is 2. The van der Waals surface area contributed by atoms with Gasteiger partial charge in [0.2, 0.25) is 17.7 Å². The zero-order valence-corrected chi connectivity index (χ0v) is 22.7. The first kappa shape index (κ1) is 30.8. The third-order valence-electron chi connectivity index (χ3n) is 6.66. The molecule has 1 aliphatic heterocycles. The summed E-state index contributed by atoms with van der Waals surface area (Å²) in [6.45, 7) is 1.33. The van der Waals surface area contributed by atoms with Gasteiger partial charge in [-0.15, -0.1) is 0 Å². The molecule has 0 spiro atoms. The Morgan fingerprint density at radius 1 is 1.02 bits per heavy atom. The van der Waals surface area contributed by atoms with Crippen LogP contribution in [-0.4, -0.2) is 88.7 Å². The first-order chi connectivity index (χ1) is 19.7. The highest BCUT2D eigenvalue weighted by Crippen LogP contribution is 2.14. The topological polar surface area (TPSA) is 162 Å². The SMILES string of the molecule is CC(C(=O)N[C@H](C=O)CC(=O)O)N1CCN(C(=O)CCc2ccccc2)CC(NC(=O)OCc2ccccc2)C1=O. The number of alkyl carbamates (subject to hydrolysis) is 1. The molecule has 2 aromatic carbocycles. The van der Waals surface area contributed by atoms with Gasteiger partial charge in [-0.05, 0) is 24.5 Å². The van der Waals surface area contributed by atoms with Gasteiger partial charge in [0.1, 0.15) is 25.0 Å². The zero-order valence-electron chi connectivity index (χ0n) is 22.7. The Balaban J connectivity index is 1.73. The van der Waals surface area contributed by atoms with Gasteiger partial charge in [-0.2, -0.15) is 0 Å². The largest absolute Gasteiger partial charge is 0.481 e. The molecule has 1 heterocycles. The minimum atomic E-state index is -1.28. The summed E-state index contributed by atoms with van der Waals surface area (Å²) in [5.74, 6) is -2.87. The van der Waals surface area contributed by atoms with Crippen molar-refractivity contribution in [1.29, 1.82) is 0 Å². The molecule has 3 atom stereocenters. The lowest BCUT2D eigenvalue weighted by molar-refractivity contribution is -0.142. The number of carbonyl (C=O) groups excluding carboxylic acids is 5. The number of nitrogens with one attached hydrogen (secondary N) is 2. The number of nitrogens with zero attached hydrogens (tertiary/aromatic N) is 2. The maximum Gasteiger partial charge on any atom is 0.408 e. The van der Waals surface area contributed by atoms with Crippen molar-refractivity contribution >= 4 is 36.1 Å². The number of hydrogen-bond donors (Lipinski definition) is 3. The number of rotatable bonds is 12. The number of aryl methyl sites for hydroxylation is 1. The van der Waals surface area contributed by atoms with Crippen molar-refractivity contribution in [2.24, 2.45) is 0 Å². The van der Waals surface area contributed by atoms with Crippen LogP contribution < -0.4 is 10.6 Å². The molecule has 1 fully saturated rings. The highest BCUT2D eigenvalue weighted by Gasteiger charge is 2.37. The van der Waals surface area contributed by atoms with E-state index in [-0.39, 0.29) is 38.6 Å². The molecule has 1 aliphatic rings. The third-order valence-corrected chi connectivity index (χ3v) is 6.66. The predicted octanol–water partition coefficient (Wildman–Crippen LogP) is 1.13. The number of hydrogen-bond acceptors (Lipinski definition) is 7. The number of aldehydes is 1. The molecule has 12 nitrogen and oxygen atoms in total. The minimum Gasteiger partial charge on any atom is -0.481 e. The van der Waals surface area contributed by atoms with E-state index in [1.807, 2.05) is 36.4 Å². The van der Waals surface area contributed by atoms with Gasteiger partial charge in [-0.25, -0.2) is 4.79 Å². The van der Waals surface area contributed by atoms with E-state index in [2.05, 4.69) is 10.6 Å². The summed E-state index contributed by atoms with van der Waals surface area (Å²) in [6, 6.07) is 14.8. The van der Waals surface area contributed by atoms with E-state index in [9.17, 15) is 28.8 Å². The molecular formula is C29H34N4O8. The van der Waals surface area contributed by atoms with E-state index >= 15 is 0 Å². The molecule has 4 amide bonds. The van der Waals surface area contributed by atoms with Gasteiger partial charge in [-0.1, -0.05) is 60.7 Å². The van der Waals surface area contributed by atoms with Gasteiger partial charge >= 0.3 is 12.1 Å². The number of aliphatic carboxylic acids is 1. The molecule has 3 N–H and O–H groups in total. The van der Waals surface area contributed by atoms with Crippen LogP contribution in [0.1, 0.15) is 30.9 Å². The summed E-state index contributed by atoms with van der Waals surface area (Å²) >= 11 is 0. The van der Waals surface area contributed by atoms with Gasteiger partial charge in [0.25, 0.3) is 0 Å². The average molecular weight is 567 g/mol. The highest BCUT2D eigenvalue weighted by atomic mass is 16.5. The maximum atomic E-state index is 13.6. The lowest BCUT2D eigenvalue weighted by Gasteiger charge is -2.29. The first-order valence-electron chi connectivity index (χ1n) is 13.2. The van der Waals surface area contributed by atoms with E-state index in [0.717, 1.165) is 11.1 Å². The van der Waals surface area contributed by atoms with Crippen molar-refractivity contribution in [3.8, 4) is 0 Å². The predicted molar refractivity (Wildman–Crippen MR) is 146 cm³/mol. The van der Waals surface area contributed by atoms with Crippen molar-refractivity contribution in [2.45, 2.75) is 50.9 Å². The lowest BCUT2D eigenvalue weighted by atomic mass is 10.1. The third kappa shape index (κ3) is 9.45. The Kier molecular flexibility index (Phi) is 11.4. The van der Waals surface area contributed by atoms with Crippen LogP contribution in [0.3, 0.4) is 0 Å². The van der Waals surface area contributed by atoms with Gasteiger partial charge in [-0.3, -0.25) is 19.2 Å². The molecule has 1 saturated heterocycles.